The zero-order valence-electron chi connectivity index (χ0n) is 13.4. The molecule has 2 aliphatic rings. The highest BCUT2D eigenvalue weighted by Crippen LogP contribution is 2.15. The average molecular weight is 332 g/mol. The van der Waals surface area contributed by atoms with Crippen molar-refractivity contribution in [2.45, 2.75) is 25.6 Å². The van der Waals surface area contributed by atoms with Gasteiger partial charge < -0.3 is 20.7 Å². The van der Waals surface area contributed by atoms with Crippen molar-refractivity contribution in [2.24, 2.45) is 0 Å². The second-order valence-electron chi connectivity index (χ2n) is 5.84. The SMILES string of the molecule is C[C@H]1OCCN[C@@H]1C(=O)Nc1cccc(CN2C(=O)CNC2=O)c1. The zero-order valence-corrected chi connectivity index (χ0v) is 13.4. The third kappa shape index (κ3) is 3.55. The van der Waals surface area contributed by atoms with Crippen molar-refractivity contribution < 1.29 is 19.1 Å². The Morgan fingerprint density at radius 3 is 2.96 bits per heavy atom. The lowest BCUT2D eigenvalue weighted by molar-refractivity contribution is -0.125. The minimum absolute atomic E-state index is 0.0283. The molecule has 2 fully saturated rings. The summed E-state index contributed by atoms with van der Waals surface area (Å²) in [4.78, 5) is 36.7. The van der Waals surface area contributed by atoms with Gasteiger partial charge in [0, 0.05) is 12.2 Å². The molecule has 3 rings (SSSR count). The van der Waals surface area contributed by atoms with Crippen LogP contribution in [0.25, 0.3) is 0 Å². The Bertz CT molecular complexity index is 647. The van der Waals surface area contributed by atoms with E-state index in [4.69, 9.17) is 4.74 Å². The van der Waals surface area contributed by atoms with Crippen LogP contribution in [0.5, 0.6) is 0 Å². The van der Waals surface area contributed by atoms with Gasteiger partial charge >= 0.3 is 6.03 Å². The van der Waals surface area contributed by atoms with Crippen LogP contribution in [0.4, 0.5) is 10.5 Å². The molecule has 3 N–H and O–H groups in total. The van der Waals surface area contributed by atoms with Crippen molar-refractivity contribution in [2.75, 3.05) is 25.0 Å². The van der Waals surface area contributed by atoms with Crippen molar-refractivity contribution in [3.05, 3.63) is 29.8 Å². The van der Waals surface area contributed by atoms with E-state index in [1.54, 1.807) is 24.3 Å². The zero-order chi connectivity index (χ0) is 17.1. The number of carbonyl (C=O) groups excluding carboxylic acids is 3. The van der Waals surface area contributed by atoms with Crippen molar-refractivity contribution in [3.8, 4) is 0 Å². The second kappa shape index (κ2) is 6.98. The third-order valence-corrected chi connectivity index (χ3v) is 4.07. The van der Waals surface area contributed by atoms with Gasteiger partial charge in [0.25, 0.3) is 0 Å². The van der Waals surface area contributed by atoms with Crippen LogP contribution >= 0.6 is 0 Å². The lowest BCUT2D eigenvalue weighted by atomic mass is 10.1. The molecule has 0 saturated carbocycles. The summed E-state index contributed by atoms with van der Waals surface area (Å²) in [6, 6.07) is 6.30. The molecule has 2 aliphatic heterocycles. The van der Waals surface area contributed by atoms with Gasteiger partial charge in [-0.1, -0.05) is 12.1 Å². The minimum atomic E-state index is -0.409. The molecule has 2 heterocycles. The number of imide groups is 1. The molecule has 0 aliphatic carbocycles. The van der Waals surface area contributed by atoms with Crippen LogP contribution in [0, 0.1) is 0 Å². The van der Waals surface area contributed by atoms with Crippen LogP contribution < -0.4 is 16.0 Å². The highest BCUT2D eigenvalue weighted by molar-refractivity contribution is 6.01. The van der Waals surface area contributed by atoms with Gasteiger partial charge in [-0.15, -0.1) is 0 Å². The van der Waals surface area contributed by atoms with Crippen molar-refractivity contribution in [1.29, 1.82) is 0 Å². The normalized spacial score (nSPS) is 24.0. The van der Waals surface area contributed by atoms with E-state index in [0.717, 1.165) is 10.5 Å². The number of ether oxygens (including phenoxy) is 1. The highest BCUT2D eigenvalue weighted by Gasteiger charge is 2.29. The summed E-state index contributed by atoms with van der Waals surface area (Å²) >= 11 is 0. The molecule has 128 valence electrons. The number of hydrogen-bond acceptors (Lipinski definition) is 5. The maximum Gasteiger partial charge on any atom is 0.324 e. The summed E-state index contributed by atoms with van der Waals surface area (Å²) in [7, 11) is 0. The number of nitrogens with zero attached hydrogens (tertiary/aromatic N) is 1. The Morgan fingerprint density at radius 2 is 2.25 bits per heavy atom. The number of carbonyl (C=O) groups is 3. The Morgan fingerprint density at radius 1 is 1.42 bits per heavy atom. The molecule has 8 heteroatoms. The molecule has 8 nitrogen and oxygen atoms in total. The van der Waals surface area contributed by atoms with E-state index in [9.17, 15) is 14.4 Å². The fraction of sp³-hybridized carbons (Fsp3) is 0.438. The average Bonchev–Trinajstić information content (AvgIpc) is 2.87. The Balaban J connectivity index is 1.65. The number of anilines is 1. The summed E-state index contributed by atoms with van der Waals surface area (Å²) in [6.07, 6.45) is -0.201. The fourth-order valence-corrected chi connectivity index (χ4v) is 2.79. The van der Waals surface area contributed by atoms with Gasteiger partial charge in [-0.3, -0.25) is 14.5 Å². The first-order valence-corrected chi connectivity index (χ1v) is 7.87. The van der Waals surface area contributed by atoms with E-state index in [1.807, 2.05) is 6.92 Å². The Hall–Kier alpha value is -2.45. The highest BCUT2D eigenvalue weighted by atomic mass is 16.5. The molecule has 4 amide bonds. The third-order valence-electron chi connectivity index (χ3n) is 4.07. The molecule has 0 unspecified atom stereocenters. The van der Waals surface area contributed by atoms with Crippen LogP contribution in [-0.4, -0.2) is 54.6 Å². The minimum Gasteiger partial charge on any atom is -0.375 e. The van der Waals surface area contributed by atoms with Crippen LogP contribution in [0.15, 0.2) is 24.3 Å². The molecule has 0 bridgehead atoms. The van der Waals surface area contributed by atoms with Gasteiger partial charge in [0.15, 0.2) is 0 Å². The number of amides is 4. The molecule has 0 spiro atoms. The Kier molecular flexibility index (Phi) is 4.77. The van der Waals surface area contributed by atoms with Crippen molar-refractivity contribution >= 4 is 23.5 Å². The van der Waals surface area contributed by atoms with Crippen molar-refractivity contribution in [3.63, 3.8) is 0 Å². The molecule has 1 aromatic carbocycles. The fourth-order valence-electron chi connectivity index (χ4n) is 2.79. The van der Waals surface area contributed by atoms with Crippen LogP contribution in [0.2, 0.25) is 0 Å². The second-order valence-corrected chi connectivity index (χ2v) is 5.84. The van der Waals surface area contributed by atoms with Crippen LogP contribution in [0.3, 0.4) is 0 Å². The summed E-state index contributed by atoms with van der Waals surface area (Å²) in [6.45, 7) is 3.28. The number of rotatable bonds is 4. The lowest BCUT2D eigenvalue weighted by Crippen LogP contribution is -2.53. The molecule has 0 radical (unpaired) electrons. The first-order valence-electron chi connectivity index (χ1n) is 7.87. The number of benzene rings is 1. The van der Waals surface area contributed by atoms with Crippen molar-refractivity contribution in [1.82, 2.24) is 15.5 Å². The number of urea groups is 1. The monoisotopic (exact) mass is 332 g/mol. The molecule has 1 aromatic rings. The first kappa shape index (κ1) is 16.4. The molecular weight excluding hydrogens is 312 g/mol. The van der Waals surface area contributed by atoms with Gasteiger partial charge in [-0.05, 0) is 24.6 Å². The predicted octanol–water partition coefficient (Wildman–Crippen LogP) is 0.0538. The maximum atomic E-state index is 12.4. The van der Waals surface area contributed by atoms with Crippen LogP contribution in [-0.2, 0) is 20.9 Å². The summed E-state index contributed by atoms with van der Waals surface area (Å²) in [5.74, 6) is -0.429. The van der Waals surface area contributed by atoms with Gasteiger partial charge in [-0.25, -0.2) is 4.79 Å². The van der Waals surface area contributed by atoms with E-state index in [-0.39, 0.29) is 31.0 Å². The van der Waals surface area contributed by atoms with E-state index < -0.39 is 12.1 Å². The smallest absolute Gasteiger partial charge is 0.324 e. The van der Waals surface area contributed by atoms with E-state index in [0.29, 0.717) is 18.8 Å². The Labute approximate surface area is 139 Å². The van der Waals surface area contributed by atoms with Gasteiger partial charge in [0.05, 0.1) is 25.8 Å². The summed E-state index contributed by atoms with van der Waals surface area (Å²) in [5, 5.41) is 8.46. The number of morpholine rings is 1. The molecule has 2 saturated heterocycles. The van der Waals surface area contributed by atoms with Gasteiger partial charge in [0.1, 0.15) is 6.04 Å². The number of hydrogen-bond donors (Lipinski definition) is 3. The molecule has 0 aromatic heterocycles. The predicted molar refractivity (Wildman–Crippen MR) is 86.2 cm³/mol. The summed E-state index contributed by atoms with van der Waals surface area (Å²) in [5.41, 5.74) is 1.38. The lowest BCUT2D eigenvalue weighted by Gasteiger charge is -2.29. The van der Waals surface area contributed by atoms with E-state index in [2.05, 4.69) is 16.0 Å². The molecule has 2 atom stereocenters. The van der Waals surface area contributed by atoms with Gasteiger partial charge in [-0.2, -0.15) is 0 Å². The summed E-state index contributed by atoms with van der Waals surface area (Å²) < 4.78 is 5.47. The largest absolute Gasteiger partial charge is 0.375 e. The van der Waals surface area contributed by atoms with Gasteiger partial charge in [0.2, 0.25) is 11.8 Å². The topological polar surface area (TPSA) is 99.8 Å². The maximum absolute atomic E-state index is 12.4. The van der Waals surface area contributed by atoms with E-state index in [1.165, 1.54) is 0 Å². The standard InChI is InChI=1S/C16H20N4O4/c1-10-14(17-5-6-24-10)15(22)19-12-4-2-3-11(7-12)9-20-13(21)8-18-16(20)23/h2-4,7,10,14,17H,5-6,8-9H2,1H3,(H,18,23)(H,19,22)/t10-,14+/m1/s1. The van der Waals surface area contributed by atoms with Crippen LogP contribution in [0.1, 0.15) is 12.5 Å². The first-order chi connectivity index (χ1) is 11.5. The quantitative estimate of drug-likeness (QED) is 0.677. The molecule has 24 heavy (non-hydrogen) atoms. The van der Waals surface area contributed by atoms with E-state index >= 15 is 0 Å². The number of nitrogens with one attached hydrogen (secondary N) is 3. The molecular formula is C16H20N4O4.